The normalized spacial score (nSPS) is 9.25. The van der Waals surface area contributed by atoms with Crippen molar-refractivity contribution in [3.63, 3.8) is 0 Å². The Morgan fingerprint density at radius 3 is 1.88 bits per heavy atom. The Labute approximate surface area is 97.4 Å². The maximum absolute atomic E-state index is 4.08. The summed E-state index contributed by atoms with van der Waals surface area (Å²) in [5, 5.41) is 0. The minimum atomic E-state index is 1.08. The molecule has 2 aromatic heterocycles. The Morgan fingerprint density at radius 1 is 0.750 bits per heavy atom. The Hall–Kier alpha value is -1.70. The summed E-state index contributed by atoms with van der Waals surface area (Å²) < 4.78 is 0. The molecule has 2 rings (SSSR count). The van der Waals surface area contributed by atoms with Gasteiger partial charge < -0.3 is 0 Å². The van der Waals surface area contributed by atoms with Crippen LogP contribution in [-0.2, 0) is 0 Å². The van der Waals surface area contributed by atoms with Gasteiger partial charge in [0.2, 0.25) is 0 Å². The lowest BCUT2D eigenvalue weighted by Crippen LogP contribution is -1.78. The van der Waals surface area contributed by atoms with E-state index in [2.05, 4.69) is 29.0 Å². The fourth-order valence-corrected chi connectivity index (χ4v) is 1.23. The van der Waals surface area contributed by atoms with Crippen molar-refractivity contribution in [1.29, 1.82) is 0 Å². The molecule has 2 aromatic rings. The molecule has 16 heavy (non-hydrogen) atoms. The van der Waals surface area contributed by atoms with Crippen LogP contribution in [0.1, 0.15) is 22.5 Å². The van der Waals surface area contributed by atoms with Crippen molar-refractivity contribution in [3.05, 3.63) is 59.2 Å². The highest BCUT2D eigenvalue weighted by Gasteiger charge is 1.82. The average molecular weight is 214 g/mol. The molecule has 2 heterocycles. The second kappa shape index (κ2) is 6.01. The third-order valence-electron chi connectivity index (χ3n) is 2.11. The summed E-state index contributed by atoms with van der Waals surface area (Å²) in [6, 6.07) is 8.12. The molecule has 2 heteroatoms. The Kier molecular flexibility index (Phi) is 4.65. The summed E-state index contributed by atoms with van der Waals surface area (Å²) in [5.74, 6) is 0. The van der Waals surface area contributed by atoms with Gasteiger partial charge in [0, 0.05) is 23.8 Å². The molecule has 0 saturated heterocycles. The van der Waals surface area contributed by atoms with Crippen LogP contribution in [0.2, 0.25) is 0 Å². The fourth-order valence-electron chi connectivity index (χ4n) is 1.23. The second-order valence-corrected chi connectivity index (χ2v) is 3.95. The van der Waals surface area contributed by atoms with Gasteiger partial charge in [0.15, 0.2) is 0 Å². The molecule has 0 radical (unpaired) electrons. The van der Waals surface area contributed by atoms with E-state index in [9.17, 15) is 0 Å². The van der Waals surface area contributed by atoms with E-state index in [1.165, 1.54) is 11.1 Å². The van der Waals surface area contributed by atoms with Crippen LogP contribution in [0, 0.1) is 27.7 Å². The largest absolute Gasteiger partial charge is 0.262 e. The van der Waals surface area contributed by atoms with E-state index in [1.807, 2.05) is 45.3 Å². The van der Waals surface area contributed by atoms with Crippen molar-refractivity contribution < 1.29 is 0 Å². The number of aromatic nitrogens is 2. The van der Waals surface area contributed by atoms with Crippen LogP contribution in [0.3, 0.4) is 0 Å². The minimum absolute atomic E-state index is 1.08. The quantitative estimate of drug-likeness (QED) is 0.671. The number of pyridine rings is 2. The number of aryl methyl sites for hydroxylation is 4. The zero-order valence-corrected chi connectivity index (χ0v) is 10.4. The highest BCUT2D eigenvalue weighted by Crippen LogP contribution is 1.96. The number of hydrogen-bond acceptors (Lipinski definition) is 2. The second-order valence-electron chi connectivity index (χ2n) is 3.95. The van der Waals surface area contributed by atoms with Crippen LogP contribution in [0.4, 0.5) is 0 Å². The maximum Gasteiger partial charge on any atom is 0.0375 e. The van der Waals surface area contributed by atoms with E-state index in [0.717, 1.165) is 11.4 Å². The summed E-state index contributed by atoms with van der Waals surface area (Å²) in [6.07, 6.45) is 3.69. The van der Waals surface area contributed by atoms with E-state index >= 15 is 0 Å². The molecule has 0 aliphatic carbocycles. The van der Waals surface area contributed by atoms with Gasteiger partial charge in [0.25, 0.3) is 0 Å². The minimum Gasteiger partial charge on any atom is -0.262 e. The van der Waals surface area contributed by atoms with Crippen LogP contribution in [0.15, 0.2) is 36.7 Å². The van der Waals surface area contributed by atoms with Crippen molar-refractivity contribution in [2.45, 2.75) is 27.7 Å². The molecule has 2 nitrogen and oxygen atoms in total. The molecule has 0 bridgehead atoms. The molecular formula is C14H18N2. The van der Waals surface area contributed by atoms with Gasteiger partial charge in [0.05, 0.1) is 0 Å². The highest BCUT2D eigenvalue weighted by molar-refractivity contribution is 5.12. The van der Waals surface area contributed by atoms with E-state index in [0.29, 0.717) is 0 Å². The average Bonchev–Trinajstić information content (AvgIpc) is 2.23. The van der Waals surface area contributed by atoms with Crippen LogP contribution >= 0.6 is 0 Å². The first-order valence-electron chi connectivity index (χ1n) is 5.36. The highest BCUT2D eigenvalue weighted by atomic mass is 14.7. The topological polar surface area (TPSA) is 25.8 Å². The third-order valence-corrected chi connectivity index (χ3v) is 2.11. The third kappa shape index (κ3) is 4.69. The molecule has 0 amide bonds. The lowest BCUT2D eigenvalue weighted by Gasteiger charge is -1.90. The zero-order chi connectivity index (χ0) is 12.0. The SMILES string of the molecule is Cc1ccc(C)nc1.Cc1ccnc(C)c1. The monoisotopic (exact) mass is 214 g/mol. The van der Waals surface area contributed by atoms with Gasteiger partial charge >= 0.3 is 0 Å². The number of hydrogen-bond donors (Lipinski definition) is 0. The van der Waals surface area contributed by atoms with Crippen molar-refractivity contribution in [2.24, 2.45) is 0 Å². The fraction of sp³-hybridized carbons (Fsp3) is 0.286. The molecule has 0 spiro atoms. The molecule has 0 saturated carbocycles. The Morgan fingerprint density at radius 2 is 1.50 bits per heavy atom. The van der Waals surface area contributed by atoms with Gasteiger partial charge in [-0.15, -0.1) is 0 Å². The van der Waals surface area contributed by atoms with Gasteiger partial charge in [-0.3, -0.25) is 9.97 Å². The Bertz CT molecular complexity index is 394. The van der Waals surface area contributed by atoms with Gasteiger partial charge in [0.1, 0.15) is 0 Å². The molecule has 0 unspecified atom stereocenters. The lowest BCUT2D eigenvalue weighted by atomic mass is 10.3. The molecule has 0 aromatic carbocycles. The number of rotatable bonds is 0. The van der Waals surface area contributed by atoms with E-state index < -0.39 is 0 Å². The summed E-state index contributed by atoms with van der Waals surface area (Å²) in [5.41, 5.74) is 4.66. The van der Waals surface area contributed by atoms with Crippen molar-refractivity contribution in [2.75, 3.05) is 0 Å². The maximum atomic E-state index is 4.08. The van der Waals surface area contributed by atoms with Crippen LogP contribution in [-0.4, -0.2) is 9.97 Å². The van der Waals surface area contributed by atoms with Gasteiger partial charge in [-0.2, -0.15) is 0 Å². The van der Waals surface area contributed by atoms with E-state index in [4.69, 9.17) is 0 Å². The van der Waals surface area contributed by atoms with Crippen LogP contribution in [0.25, 0.3) is 0 Å². The van der Waals surface area contributed by atoms with Crippen LogP contribution < -0.4 is 0 Å². The molecule has 0 aliphatic rings. The summed E-state index contributed by atoms with van der Waals surface area (Å²) >= 11 is 0. The summed E-state index contributed by atoms with van der Waals surface area (Å²) in [4.78, 5) is 8.12. The first-order chi connectivity index (χ1) is 7.58. The van der Waals surface area contributed by atoms with E-state index in [-0.39, 0.29) is 0 Å². The van der Waals surface area contributed by atoms with Crippen molar-refractivity contribution in [3.8, 4) is 0 Å². The predicted molar refractivity (Wildman–Crippen MR) is 67.4 cm³/mol. The van der Waals surface area contributed by atoms with Crippen molar-refractivity contribution >= 4 is 0 Å². The zero-order valence-electron chi connectivity index (χ0n) is 10.4. The first kappa shape index (κ1) is 12.4. The molecular weight excluding hydrogens is 196 g/mol. The standard InChI is InChI=1S/2C7H9N/c1-6-3-4-8-7(2)5-6;1-6-3-4-7(2)8-5-6/h2*3-5H,1-2H3. The summed E-state index contributed by atoms with van der Waals surface area (Å²) in [7, 11) is 0. The molecule has 0 aliphatic heterocycles. The van der Waals surface area contributed by atoms with Gasteiger partial charge in [-0.25, -0.2) is 0 Å². The smallest absolute Gasteiger partial charge is 0.0375 e. The predicted octanol–water partition coefficient (Wildman–Crippen LogP) is 3.40. The number of nitrogens with zero attached hydrogens (tertiary/aromatic N) is 2. The molecule has 84 valence electrons. The molecule has 0 fully saturated rings. The van der Waals surface area contributed by atoms with Crippen LogP contribution in [0.5, 0.6) is 0 Å². The van der Waals surface area contributed by atoms with Crippen molar-refractivity contribution in [1.82, 2.24) is 9.97 Å². The lowest BCUT2D eigenvalue weighted by molar-refractivity contribution is 1.17. The summed E-state index contributed by atoms with van der Waals surface area (Å²) in [6.45, 7) is 8.08. The first-order valence-corrected chi connectivity index (χ1v) is 5.36. The molecule has 0 N–H and O–H groups in total. The Balaban J connectivity index is 0.000000160. The molecule has 0 atom stereocenters. The van der Waals surface area contributed by atoms with E-state index in [1.54, 1.807) is 0 Å². The van der Waals surface area contributed by atoms with Gasteiger partial charge in [-0.1, -0.05) is 6.07 Å². The van der Waals surface area contributed by atoms with Gasteiger partial charge in [-0.05, 0) is 57.0 Å².